The van der Waals surface area contributed by atoms with Crippen molar-refractivity contribution in [2.24, 2.45) is 17.6 Å². The van der Waals surface area contributed by atoms with E-state index in [2.05, 4.69) is 13.8 Å². The highest BCUT2D eigenvalue weighted by atomic mass is 16.5. The first-order valence-electron chi connectivity index (χ1n) is 4.59. The van der Waals surface area contributed by atoms with Crippen molar-refractivity contribution in [3.05, 3.63) is 0 Å². The number of hydrogen-bond acceptors (Lipinski definition) is 3. The monoisotopic (exact) mass is 175 g/mol. The van der Waals surface area contributed by atoms with Gasteiger partial charge in [0.05, 0.1) is 12.7 Å². The van der Waals surface area contributed by atoms with Gasteiger partial charge in [-0.25, -0.2) is 0 Å². The standard InChI is InChI=1S/C9H21NO2/c1-4-12-6-9(11)8(5-10)7(2)3/h7-9,11H,4-6,10H2,1-3H3. The van der Waals surface area contributed by atoms with Gasteiger partial charge in [-0.2, -0.15) is 0 Å². The van der Waals surface area contributed by atoms with Gasteiger partial charge < -0.3 is 15.6 Å². The minimum absolute atomic E-state index is 0.150. The Balaban J connectivity index is 3.77. The summed E-state index contributed by atoms with van der Waals surface area (Å²) in [4.78, 5) is 0. The molecular formula is C9H21NO2. The molecule has 0 aliphatic heterocycles. The van der Waals surface area contributed by atoms with Gasteiger partial charge in [0.25, 0.3) is 0 Å². The second kappa shape index (κ2) is 6.40. The predicted octanol–water partition coefficient (Wildman–Crippen LogP) is 0.615. The van der Waals surface area contributed by atoms with Crippen LogP contribution in [0.25, 0.3) is 0 Å². The SMILES string of the molecule is CCOCC(O)C(CN)C(C)C. The molecule has 0 aliphatic carbocycles. The Hall–Kier alpha value is -0.120. The number of rotatable bonds is 6. The molecule has 74 valence electrons. The zero-order chi connectivity index (χ0) is 9.56. The minimum Gasteiger partial charge on any atom is -0.390 e. The van der Waals surface area contributed by atoms with Crippen LogP contribution >= 0.6 is 0 Å². The molecule has 0 saturated carbocycles. The summed E-state index contributed by atoms with van der Waals surface area (Å²) in [5, 5.41) is 9.61. The summed E-state index contributed by atoms with van der Waals surface area (Å²) in [5.41, 5.74) is 5.53. The second-order valence-corrected chi connectivity index (χ2v) is 3.37. The number of ether oxygens (including phenoxy) is 1. The molecule has 0 radical (unpaired) electrons. The summed E-state index contributed by atoms with van der Waals surface area (Å²) in [5.74, 6) is 0.557. The molecule has 0 aromatic heterocycles. The molecule has 3 nitrogen and oxygen atoms in total. The molecule has 3 heteroatoms. The van der Waals surface area contributed by atoms with Crippen molar-refractivity contribution in [3.8, 4) is 0 Å². The molecule has 12 heavy (non-hydrogen) atoms. The maximum absolute atomic E-state index is 9.61. The topological polar surface area (TPSA) is 55.5 Å². The van der Waals surface area contributed by atoms with Crippen LogP contribution in [0.3, 0.4) is 0 Å². The largest absolute Gasteiger partial charge is 0.390 e. The fourth-order valence-electron chi connectivity index (χ4n) is 1.24. The van der Waals surface area contributed by atoms with Crippen LogP contribution in [0.2, 0.25) is 0 Å². The molecule has 0 aliphatic rings. The average Bonchev–Trinajstić information content (AvgIpc) is 2.01. The molecule has 0 bridgehead atoms. The normalized spacial score (nSPS) is 16.5. The van der Waals surface area contributed by atoms with Crippen molar-refractivity contribution in [2.45, 2.75) is 26.9 Å². The summed E-state index contributed by atoms with van der Waals surface area (Å²) in [7, 11) is 0. The molecule has 0 amide bonds. The summed E-state index contributed by atoms with van der Waals surface area (Å²) in [6, 6.07) is 0. The highest BCUT2D eigenvalue weighted by Gasteiger charge is 2.20. The van der Waals surface area contributed by atoms with Crippen LogP contribution in [0.1, 0.15) is 20.8 Å². The first-order valence-corrected chi connectivity index (χ1v) is 4.59. The Morgan fingerprint density at radius 3 is 2.33 bits per heavy atom. The molecular weight excluding hydrogens is 154 g/mol. The van der Waals surface area contributed by atoms with Crippen LogP contribution in [0.15, 0.2) is 0 Å². The number of hydrogen-bond donors (Lipinski definition) is 2. The van der Waals surface area contributed by atoms with E-state index in [0.29, 0.717) is 25.7 Å². The van der Waals surface area contributed by atoms with Crippen LogP contribution in [0.4, 0.5) is 0 Å². The van der Waals surface area contributed by atoms with Crippen LogP contribution in [0.5, 0.6) is 0 Å². The van der Waals surface area contributed by atoms with Gasteiger partial charge in [0.2, 0.25) is 0 Å². The minimum atomic E-state index is -0.421. The lowest BCUT2D eigenvalue weighted by molar-refractivity contribution is -0.00104. The molecule has 0 aromatic carbocycles. The third-order valence-electron chi connectivity index (χ3n) is 2.12. The van der Waals surface area contributed by atoms with E-state index < -0.39 is 6.10 Å². The third-order valence-corrected chi connectivity index (χ3v) is 2.12. The highest BCUT2D eigenvalue weighted by Crippen LogP contribution is 2.14. The van der Waals surface area contributed by atoms with Crippen molar-refractivity contribution < 1.29 is 9.84 Å². The molecule has 2 atom stereocenters. The van der Waals surface area contributed by atoms with E-state index in [1.54, 1.807) is 0 Å². The first kappa shape index (κ1) is 11.9. The van der Waals surface area contributed by atoms with Crippen molar-refractivity contribution in [2.75, 3.05) is 19.8 Å². The van der Waals surface area contributed by atoms with Crippen molar-refractivity contribution in [1.29, 1.82) is 0 Å². The van der Waals surface area contributed by atoms with Crippen LogP contribution in [0, 0.1) is 11.8 Å². The Kier molecular flexibility index (Phi) is 6.34. The van der Waals surface area contributed by atoms with Gasteiger partial charge >= 0.3 is 0 Å². The lowest BCUT2D eigenvalue weighted by Gasteiger charge is -2.24. The second-order valence-electron chi connectivity index (χ2n) is 3.37. The molecule has 2 unspecified atom stereocenters. The summed E-state index contributed by atoms with van der Waals surface area (Å²) in [6.45, 7) is 7.60. The molecule has 0 rings (SSSR count). The molecule has 0 aromatic rings. The van der Waals surface area contributed by atoms with Crippen LogP contribution in [-0.4, -0.2) is 31.0 Å². The molecule has 0 spiro atoms. The maximum Gasteiger partial charge on any atom is 0.0816 e. The number of aliphatic hydroxyl groups is 1. The number of nitrogens with two attached hydrogens (primary N) is 1. The third kappa shape index (κ3) is 4.04. The Morgan fingerprint density at radius 2 is 2.00 bits per heavy atom. The maximum atomic E-state index is 9.61. The molecule has 0 heterocycles. The van der Waals surface area contributed by atoms with E-state index in [4.69, 9.17) is 10.5 Å². The van der Waals surface area contributed by atoms with E-state index in [9.17, 15) is 5.11 Å². The quantitative estimate of drug-likeness (QED) is 0.622. The van der Waals surface area contributed by atoms with E-state index in [0.717, 1.165) is 0 Å². The summed E-state index contributed by atoms with van der Waals surface area (Å²) >= 11 is 0. The lowest BCUT2D eigenvalue weighted by atomic mass is 9.91. The van der Waals surface area contributed by atoms with Crippen LogP contribution in [-0.2, 0) is 4.74 Å². The van der Waals surface area contributed by atoms with Gasteiger partial charge in [0.1, 0.15) is 0 Å². The number of aliphatic hydroxyl groups excluding tert-OH is 1. The van der Waals surface area contributed by atoms with E-state index in [-0.39, 0.29) is 5.92 Å². The fraction of sp³-hybridized carbons (Fsp3) is 1.00. The average molecular weight is 175 g/mol. The summed E-state index contributed by atoms with van der Waals surface area (Å²) < 4.78 is 5.12. The Morgan fingerprint density at radius 1 is 1.42 bits per heavy atom. The molecule has 0 saturated heterocycles. The zero-order valence-corrected chi connectivity index (χ0v) is 8.29. The predicted molar refractivity (Wildman–Crippen MR) is 49.9 cm³/mol. The molecule has 3 N–H and O–H groups in total. The van der Waals surface area contributed by atoms with Gasteiger partial charge in [-0.15, -0.1) is 0 Å². The fourth-order valence-corrected chi connectivity index (χ4v) is 1.24. The van der Waals surface area contributed by atoms with E-state index >= 15 is 0 Å². The van der Waals surface area contributed by atoms with E-state index in [1.807, 2.05) is 6.92 Å². The van der Waals surface area contributed by atoms with Crippen LogP contribution < -0.4 is 5.73 Å². The smallest absolute Gasteiger partial charge is 0.0816 e. The zero-order valence-electron chi connectivity index (χ0n) is 8.29. The summed E-state index contributed by atoms with van der Waals surface area (Å²) in [6.07, 6.45) is -0.421. The van der Waals surface area contributed by atoms with Crippen molar-refractivity contribution >= 4 is 0 Å². The molecule has 0 fully saturated rings. The lowest BCUT2D eigenvalue weighted by Crippen LogP contribution is -2.35. The van der Waals surface area contributed by atoms with Gasteiger partial charge in [-0.1, -0.05) is 13.8 Å². The Bertz CT molecular complexity index is 107. The van der Waals surface area contributed by atoms with Gasteiger partial charge in [-0.05, 0) is 19.4 Å². The van der Waals surface area contributed by atoms with Gasteiger partial charge in [0, 0.05) is 12.5 Å². The highest BCUT2D eigenvalue weighted by molar-refractivity contribution is 4.72. The van der Waals surface area contributed by atoms with Gasteiger partial charge in [-0.3, -0.25) is 0 Å². The van der Waals surface area contributed by atoms with E-state index in [1.165, 1.54) is 0 Å². The first-order chi connectivity index (χ1) is 5.63. The Labute approximate surface area is 74.9 Å². The van der Waals surface area contributed by atoms with Crippen molar-refractivity contribution in [1.82, 2.24) is 0 Å². The van der Waals surface area contributed by atoms with Crippen molar-refractivity contribution in [3.63, 3.8) is 0 Å². The van der Waals surface area contributed by atoms with Gasteiger partial charge in [0.15, 0.2) is 0 Å².